The van der Waals surface area contributed by atoms with E-state index in [1.165, 1.54) is 12.1 Å². The van der Waals surface area contributed by atoms with E-state index in [0.717, 1.165) is 6.07 Å². The predicted molar refractivity (Wildman–Crippen MR) is 71.2 cm³/mol. The highest BCUT2D eigenvalue weighted by Crippen LogP contribution is 2.21. The first-order valence-electron chi connectivity index (χ1n) is 5.33. The van der Waals surface area contributed by atoms with Crippen molar-refractivity contribution in [1.82, 2.24) is 4.72 Å². The zero-order valence-corrected chi connectivity index (χ0v) is 12.4. The Bertz CT molecular complexity index is 556. The molecule has 0 radical (unpaired) electrons. The number of hydrogen-bond donors (Lipinski definition) is 2. The topological polar surface area (TPSA) is 83.5 Å². The van der Waals surface area contributed by atoms with Crippen molar-refractivity contribution in [3.05, 3.63) is 28.2 Å². The molecule has 1 rings (SSSR count). The van der Waals surface area contributed by atoms with Gasteiger partial charge in [-0.3, -0.25) is 0 Å². The lowest BCUT2D eigenvalue weighted by molar-refractivity contribution is 0.0695. The molecule has 0 aliphatic carbocycles. The van der Waals surface area contributed by atoms with Crippen LogP contribution in [0.4, 0.5) is 0 Å². The Morgan fingerprint density at radius 2 is 2.11 bits per heavy atom. The molecule has 0 bridgehead atoms. The molecular formula is C11H14BrNO4S. The number of rotatable bonds is 5. The molecule has 5 nitrogen and oxygen atoms in total. The molecule has 18 heavy (non-hydrogen) atoms. The number of halogens is 1. The fourth-order valence-corrected chi connectivity index (χ4v) is 3.02. The van der Waals surface area contributed by atoms with Gasteiger partial charge in [-0.2, -0.15) is 0 Å². The number of sulfonamides is 1. The van der Waals surface area contributed by atoms with Crippen LogP contribution in [-0.4, -0.2) is 25.5 Å². The number of nitrogens with one attached hydrogen (secondary N) is 1. The normalized spacial score (nSPS) is 13.3. The van der Waals surface area contributed by atoms with Gasteiger partial charge in [0.2, 0.25) is 10.0 Å². The van der Waals surface area contributed by atoms with Gasteiger partial charge in [-0.05, 0) is 47.5 Å². The molecule has 0 fully saturated rings. The second-order valence-electron chi connectivity index (χ2n) is 3.88. The maximum absolute atomic E-state index is 12.0. The van der Waals surface area contributed by atoms with Gasteiger partial charge in [0.25, 0.3) is 0 Å². The Hall–Kier alpha value is -0.920. The summed E-state index contributed by atoms with van der Waals surface area (Å²) in [6, 6.07) is 3.71. The smallest absolute Gasteiger partial charge is 0.336 e. The zero-order valence-electron chi connectivity index (χ0n) is 9.97. The zero-order chi connectivity index (χ0) is 13.9. The molecule has 1 unspecified atom stereocenters. The van der Waals surface area contributed by atoms with Crippen molar-refractivity contribution in [2.75, 3.05) is 0 Å². The molecule has 1 aromatic rings. The lowest BCUT2D eigenvalue weighted by atomic mass is 10.2. The Morgan fingerprint density at radius 1 is 1.50 bits per heavy atom. The SMILES string of the molecule is CCC(C)NS(=O)(=O)c1ccc(Br)c(C(=O)O)c1. The standard InChI is InChI=1S/C11H14BrNO4S/c1-3-7(2)13-18(16,17)8-4-5-10(12)9(6-8)11(14)15/h4-7,13H,3H2,1-2H3,(H,14,15). The summed E-state index contributed by atoms with van der Waals surface area (Å²) in [6.45, 7) is 3.60. The van der Waals surface area contributed by atoms with Gasteiger partial charge in [0, 0.05) is 10.5 Å². The summed E-state index contributed by atoms with van der Waals surface area (Å²) in [7, 11) is -3.68. The largest absolute Gasteiger partial charge is 0.478 e. The first-order valence-corrected chi connectivity index (χ1v) is 7.60. The van der Waals surface area contributed by atoms with Crippen LogP contribution in [0.3, 0.4) is 0 Å². The quantitative estimate of drug-likeness (QED) is 0.864. The van der Waals surface area contributed by atoms with E-state index in [9.17, 15) is 13.2 Å². The summed E-state index contributed by atoms with van der Waals surface area (Å²) in [5.41, 5.74) is -0.0815. The molecule has 1 atom stereocenters. The van der Waals surface area contributed by atoms with Gasteiger partial charge in [-0.25, -0.2) is 17.9 Å². The molecule has 0 aliphatic rings. The van der Waals surface area contributed by atoms with Crippen LogP contribution in [0.1, 0.15) is 30.6 Å². The molecule has 100 valence electrons. The van der Waals surface area contributed by atoms with Gasteiger partial charge in [0.05, 0.1) is 10.5 Å². The van der Waals surface area contributed by atoms with Crippen molar-refractivity contribution in [2.45, 2.75) is 31.2 Å². The second kappa shape index (κ2) is 5.81. The van der Waals surface area contributed by atoms with E-state index in [0.29, 0.717) is 10.9 Å². The maximum Gasteiger partial charge on any atom is 0.336 e. The van der Waals surface area contributed by atoms with Gasteiger partial charge >= 0.3 is 5.97 Å². The Morgan fingerprint density at radius 3 is 2.61 bits per heavy atom. The van der Waals surface area contributed by atoms with Gasteiger partial charge in [-0.1, -0.05) is 6.92 Å². The van der Waals surface area contributed by atoms with E-state index in [1.807, 2.05) is 6.92 Å². The molecular weight excluding hydrogens is 322 g/mol. The van der Waals surface area contributed by atoms with Crippen LogP contribution in [-0.2, 0) is 10.0 Å². The fourth-order valence-electron chi connectivity index (χ4n) is 1.25. The highest BCUT2D eigenvalue weighted by atomic mass is 79.9. The molecule has 0 saturated carbocycles. The lowest BCUT2D eigenvalue weighted by Crippen LogP contribution is -2.32. The van der Waals surface area contributed by atoms with Crippen LogP contribution < -0.4 is 4.72 Å². The average Bonchev–Trinajstić information content (AvgIpc) is 2.28. The first-order chi connectivity index (χ1) is 8.27. The van der Waals surface area contributed by atoms with Crippen LogP contribution >= 0.6 is 15.9 Å². The molecule has 0 aliphatic heterocycles. The van der Waals surface area contributed by atoms with E-state index in [4.69, 9.17) is 5.11 Å². The maximum atomic E-state index is 12.0. The third kappa shape index (κ3) is 3.54. The average molecular weight is 336 g/mol. The number of carboxylic acid groups (broad SMARTS) is 1. The Kier molecular flexibility index (Phi) is 4.89. The van der Waals surface area contributed by atoms with E-state index < -0.39 is 16.0 Å². The van der Waals surface area contributed by atoms with Crippen molar-refractivity contribution in [3.8, 4) is 0 Å². The summed E-state index contributed by atoms with van der Waals surface area (Å²) in [6.07, 6.45) is 0.654. The van der Waals surface area contributed by atoms with Gasteiger partial charge < -0.3 is 5.11 Å². The number of aromatic carboxylic acids is 1. The second-order valence-corrected chi connectivity index (χ2v) is 6.45. The van der Waals surface area contributed by atoms with Crippen LogP contribution in [0, 0.1) is 0 Å². The number of hydrogen-bond acceptors (Lipinski definition) is 3. The van der Waals surface area contributed by atoms with Gasteiger partial charge in [0.15, 0.2) is 0 Å². The lowest BCUT2D eigenvalue weighted by Gasteiger charge is -2.12. The van der Waals surface area contributed by atoms with Crippen LogP contribution in [0.5, 0.6) is 0 Å². The Balaban J connectivity index is 3.18. The third-order valence-corrected chi connectivity index (χ3v) is 4.73. The molecule has 0 spiro atoms. The highest BCUT2D eigenvalue weighted by Gasteiger charge is 2.19. The third-order valence-electron chi connectivity index (χ3n) is 2.45. The molecule has 0 amide bonds. The molecule has 7 heteroatoms. The summed E-state index contributed by atoms with van der Waals surface area (Å²) in [5, 5.41) is 8.94. The van der Waals surface area contributed by atoms with Crippen molar-refractivity contribution in [1.29, 1.82) is 0 Å². The highest BCUT2D eigenvalue weighted by molar-refractivity contribution is 9.10. The van der Waals surface area contributed by atoms with E-state index >= 15 is 0 Å². The van der Waals surface area contributed by atoms with Crippen molar-refractivity contribution < 1.29 is 18.3 Å². The fraction of sp³-hybridized carbons (Fsp3) is 0.364. The number of benzene rings is 1. The van der Waals surface area contributed by atoms with Crippen LogP contribution in [0.25, 0.3) is 0 Å². The Labute approximate surface area is 114 Å². The van der Waals surface area contributed by atoms with E-state index in [2.05, 4.69) is 20.7 Å². The van der Waals surface area contributed by atoms with Gasteiger partial charge in [-0.15, -0.1) is 0 Å². The van der Waals surface area contributed by atoms with Gasteiger partial charge in [0.1, 0.15) is 0 Å². The summed E-state index contributed by atoms with van der Waals surface area (Å²) in [5.74, 6) is -1.18. The van der Waals surface area contributed by atoms with Crippen molar-refractivity contribution in [3.63, 3.8) is 0 Å². The van der Waals surface area contributed by atoms with Crippen molar-refractivity contribution in [2.24, 2.45) is 0 Å². The summed E-state index contributed by atoms with van der Waals surface area (Å²) < 4.78 is 26.8. The first kappa shape index (κ1) is 15.1. The van der Waals surface area contributed by atoms with E-state index in [-0.39, 0.29) is 16.5 Å². The molecule has 2 N–H and O–H groups in total. The molecule has 0 aromatic heterocycles. The number of carboxylic acids is 1. The predicted octanol–water partition coefficient (Wildman–Crippen LogP) is 2.22. The minimum Gasteiger partial charge on any atom is -0.478 e. The summed E-state index contributed by atoms with van der Waals surface area (Å²) >= 11 is 3.07. The molecule has 1 aromatic carbocycles. The van der Waals surface area contributed by atoms with E-state index in [1.54, 1.807) is 6.92 Å². The van der Waals surface area contributed by atoms with Crippen LogP contribution in [0.2, 0.25) is 0 Å². The van der Waals surface area contributed by atoms with Crippen LogP contribution in [0.15, 0.2) is 27.6 Å². The minimum absolute atomic E-state index is 0.0524. The van der Waals surface area contributed by atoms with Crippen molar-refractivity contribution >= 4 is 31.9 Å². The summed E-state index contributed by atoms with van der Waals surface area (Å²) in [4.78, 5) is 10.9. The minimum atomic E-state index is -3.68. The number of carbonyl (C=O) groups is 1. The monoisotopic (exact) mass is 335 g/mol. The molecule has 0 heterocycles. The molecule has 0 saturated heterocycles.